The van der Waals surface area contributed by atoms with Crippen LogP contribution in [0.4, 0.5) is 11.5 Å². The summed E-state index contributed by atoms with van der Waals surface area (Å²) in [5.74, 6) is 0.730. The molecule has 0 atom stereocenters. The molecule has 1 aliphatic heterocycles. The molecule has 1 aliphatic rings. The average molecular weight is 410 g/mol. The van der Waals surface area contributed by atoms with Crippen LogP contribution in [0.15, 0.2) is 53.0 Å². The molecule has 2 N–H and O–H groups in total. The van der Waals surface area contributed by atoms with E-state index < -0.39 is 0 Å². The standard InChI is InChI=1S/C22H27N5OS/c1-17-3-8-21(24-15-17)25-22-27(10-2-9-23)20(16-29-22)18-4-6-19(7-5-18)26-11-13-28-14-12-26/h3-8,15-16H,2,9-14,23H2,1H3/b25-22-. The fraction of sp³-hybridized carbons (Fsp3) is 0.364. The zero-order valence-electron chi connectivity index (χ0n) is 16.8. The third kappa shape index (κ3) is 4.75. The van der Waals surface area contributed by atoms with Gasteiger partial charge in [0.2, 0.25) is 0 Å². The minimum Gasteiger partial charge on any atom is -0.378 e. The monoisotopic (exact) mass is 409 g/mol. The molecule has 152 valence electrons. The highest BCUT2D eigenvalue weighted by molar-refractivity contribution is 7.07. The topological polar surface area (TPSA) is 68.7 Å². The molecule has 3 aromatic rings. The number of thiazole rings is 1. The highest BCUT2D eigenvalue weighted by Crippen LogP contribution is 2.25. The second-order valence-corrected chi connectivity index (χ2v) is 7.99. The van der Waals surface area contributed by atoms with Crippen molar-refractivity contribution < 1.29 is 4.74 Å². The van der Waals surface area contributed by atoms with Crippen molar-refractivity contribution in [2.24, 2.45) is 10.7 Å². The number of hydrogen-bond acceptors (Lipinski definition) is 6. The Balaban J connectivity index is 1.66. The summed E-state index contributed by atoms with van der Waals surface area (Å²) in [6.07, 6.45) is 2.76. The first-order valence-electron chi connectivity index (χ1n) is 10.0. The van der Waals surface area contributed by atoms with E-state index in [1.54, 1.807) is 11.3 Å². The number of rotatable bonds is 6. The van der Waals surface area contributed by atoms with E-state index in [9.17, 15) is 0 Å². The number of pyridine rings is 1. The molecule has 0 saturated carbocycles. The predicted molar refractivity (Wildman–Crippen MR) is 119 cm³/mol. The molecule has 7 heteroatoms. The summed E-state index contributed by atoms with van der Waals surface area (Å²) < 4.78 is 7.71. The van der Waals surface area contributed by atoms with Crippen LogP contribution < -0.4 is 15.4 Å². The van der Waals surface area contributed by atoms with Crippen molar-refractivity contribution in [2.75, 3.05) is 37.7 Å². The Morgan fingerprint density at radius 2 is 1.93 bits per heavy atom. The van der Waals surface area contributed by atoms with Gasteiger partial charge < -0.3 is 19.9 Å². The van der Waals surface area contributed by atoms with Crippen LogP contribution in [0.2, 0.25) is 0 Å². The minimum absolute atomic E-state index is 0.653. The summed E-state index contributed by atoms with van der Waals surface area (Å²) in [7, 11) is 0. The van der Waals surface area contributed by atoms with Crippen molar-refractivity contribution in [1.82, 2.24) is 9.55 Å². The Morgan fingerprint density at radius 3 is 2.62 bits per heavy atom. The third-order valence-electron chi connectivity index (χ3n) is 5.03. The van der Waals surface area contributed by atoms with Gasteiger partial charge in [-0.2, -0.15) is 0 Å². The van der Waals surface area contributed by atoms with Gasteiger partial charge in [0.15, 0.2) is 10.6 Å². The van der Waals surface area contributed by atoms with Gasteiger partial charge in [-0.15, -0.1) is 11.3 Å². The number of aromatic nitrogens is 2. The van der Waals surface area contributed by atoms with Crippen LogP contribution in [0.1, 0.15) is 12.0 Å². The van der Waals surface area contributed by atoms with Crippen LogP contribution in [0.5, 0.6) is 0 Å². The number of benzene rings is 1. The van der Waals surface area contributed by atoms with Gasteiger partial charge in [-0.25, -0.2) is 9.98 Å². The Hall–Kier alpha value is -2.48. The highest BCUT2D eigenvalue weighted by Gasteiger charge is 2.13. The lowest BCUT2D eigenvalue weighted by atomic mass is 10.1. The molecule has 1 aromatic carbocycles. The predicted octanol–water partition coefficient (Wildman–Crippen LogP) is 3.34. The minimum atomic E-state index is 0.653. The molecule has 0 amide bonds. The van der Waals surface area contributed by atoms with E-state index in [0.717, 1.165) is 55.5 Å². The van der Waals surface area contributed by atoms with E-state index in [4.69, 9.17) is 15.5 Å². The normalized spacial score (nSPS) is 15.1. The molecule has 0 unspecified atom stereocenters. The number of aryl methyl sites for hydroxylation is 1. The van der Waals surface area contributed by atoms with Crippen LogP contribution in [-0.4, -0.2) is 42.4 Å². The quantitative estimate of drug-likeness (QED) is 0.678. The maximum Gasteiger partial charge on any atom is 0.191 e. The van der Waals surface area contributed by atoms with E-state index in [1.165, 1.54) is 16.9 Å². The zero-order chi connectivity index (χ0) is 20.1. The van der Waals surface area contributed by atoms with E-state index in [2.05, 4.69) is 44.1 Å². The van der Waals surface area contributed by atoms with E-state index in [0.29, 0.717) is 6.54 Å². The SMILES string of the molecule is Cc1ccc(/N=c2\scc(-c3ccc(N4CCOCC4)cc3)n2CCCN)nc1. The highest BCUT2D eigenvalue weighted by atomic mass is 32.1. The Kier molecular flexibility index (Phi) is 6.39. The Bertz CT molecular complexity index is 985. The number of anilines is 1. The van der Waals surface area contributed by atoms with Gasteiger partial charge in [-0.05, 0) is 49.2 Å². The van der Waals surface area contributed by atoms with Crippen LogP contribution in [0.25, 0.3) is 11.3 Å². The van der Waals surface area contributed by atoms with Crippen molar-refractivity contribution in [2.45, 2.75) is 19.9 Å². The first-order chi connectivity index (χ1) is 14.2. The van der Waals surface area contributed by atoms with Gasteiger partial charge in [-0.1, -0.05) is 18.2 Å². The number of nitrogens with two attached hydrogens (primary N) is 1. The van der Waals surface area contributed by atoms with Gasteiger partial charge in [0.25, 0.3) is 0 Å². The first-order valence-corrected chi connectivity index (χ1v) is 10.9. The average Bonchev–Trinajstić information content (AvgIpc) is 3.17. The lowest BCUT2D eigenvalue weighted by Gasteiger charge is -2.28. The third-order valence-corrected chi connectivity index (χ3v) is 5.89. The Labute approximate surface area is 175 Å². The molecule has 0 spiro atoms. The fourth-order valence-corrected chi connectivity index (χ4v) is 4.35. The molecule has 0 radical (unpaired) electrons. The maximum atomic E-state index is 5.79. The molecule has 1 fully saturated rings. The number of hydrogen-bond donors (Lipinski definition) is 1. The van der Waals surface area contributed by atoms with Crippen LogP contribution in [0.3, 0.4) is 0 Å². The van der Waals surface area contributed by atoms with Gasteiger partial charge >= 0.3 is 0 Å². The summed E-state index contributed by atoms with van der Waals surface area (Å²) >= 11 is 1.64. The number of nitrogens with zero attached hydrogens (tertiary/aromatic N) is 4. The Morgan fingerprint density at radius 1 is 1.14 bits per heavy atom. The lowest BCUT2D eigenvalue weighted by Crippen LogP contribution is -2.36. The van der Waals surface area contributed by atoms with Crippen molar-refractivity contribution in [3.05, 3.63) is 58.3 Å². The molecule has 6 nitrogen and oxygen atoms in total. The zero-order valence-corrected chi connectivity index (χ0v) is 17.6. The van der Waals surface area contributed by atoms with Crippen molar-refractivity contribution in [1.29, 1.82) is 0 Å². The molecule has 4 rings (SSSR count). The summed E-state index contributed by atoms with van der Waals surface area (Å²) in [5, 5.41) is 2.17. The second-order valence-electron chi connectivity index (χ2n) is 7.15. The summed E-state index contributed by atoms with van der Waals surface area (Å²) in [4.78, 5) is 12.5. The smallest absolute Gasteiger partial charge is 0.191 e. The molecule has 1 saturated heterocycles. The van der Waals surface area contributed by atoms with Crippen LogP contribution in [0, 0.1) is 6.92 Å². The van der Waals surface area contributed by atoms with E-state index in [1.807, 2.05) is 25.3 Å². The number of ether oxygens (including phenoxy) is 1. The largest absolute Gasteiger partial charge is 0.378 e. The summed E-state index contributed by atoms with van der Waals surface area (Å²) in [6.45, 7) is 7.00. The maximum absolute atomic E-state index is 5.79. The molecule has 0 bridgehead atoms. The van der Waals surface area contributed by atoms with Gasteiger partial charge in [0.05, 0.1) is 18.9 Å². The molecule has 3 heterocycles. The van der Waals surface area contributed by atoms with Crippen molar-refractivity contribution >= 4 is 22.8 Å². The van der Waals surface area contributed by atoms with E-state index >= 15 is 0 Å². The molecule has 0 aliphatic carbocycles. The second kappa shape index (κ2) is 9.35. The molecule has 29 heavy (non-hydrogen) atoms. The number of morpholine rings is 1. The first kappa shape index (κ1) is 19.8. The summed E-state index contributed by atoms with van der Waals surface area (Å²) in [6, 6.07) is 12.8. The van der Waals surface area contributed by atoms with Gasteiger partial charge in [0, 0.05) is 36.9 Å². The van der Waals surface area contributed by atoms with Crippen molar-refractivity contribution in [3.8, 4) is 11.3 Å². The van der Waals surface area contributed by atoms with Gasteiger partial charge in [0.1, 0.15) is 0 Å². The molecular formula is C22H27N5OS. The van der Waals surface area contributed by atoms with Gasteiger partial charge in [-0.3, -0.25) is 0 Å². The van der Waals surface area contributed by atoms with Crippen molar-refractivity contribution in [3.63, 3.8) is 0 Å². The van der Waals surface area contributed by atoms with Crippen LogP contribution >= 0.6 is 11.3 Å². The van der Waals surface area contributed by atoms with Crippen LogP contribution in [-0.2, 0) is 11.3 Å². The molecular weight excluding hydrogens is 382 g/mol. The lowest BCUT2D eigenvalue weighted by molar-refractivity contribution is 0.122. The summed E-state index contributed by atoms with van der Waals surface area (Å²) in [5.41, 5.74) is 10.5. The fourth-order valence-electron chi connectivity index (χ4n) is 3.40. The molecule has 2 aromatic heterocycles. The van der Waals surface area contributed by atoms with E-state index in [-0.39, 0.29) is 0 Å².